The van der Waals surface area contributed by atoms with Crippen LogP contribution in [0.15, 0.2) is 0 Å². The van der Waals surface area contributed by atoms with Crippen LogP contribution in [-0.4, -0.2) is 55.1 Å². The first-order valence-electron chi connectivity index (χ1n) is 5.64. The zero-order chi connectivity index (χ0) is 11.3. The van der Waals surface area contributed by atoms with Crippen LogP contribution >= 0.6 is 0 Å². The quantitative estimate of drug-likeness (QED) is 0.707. The van der Waals surface area contributed by atoms with Gasteiger partial charge in [0.05, 0.1) is 6.07 Å². The highest BCUT2D eigenvalue weighted by Gasteiger charge is 2.20. The number of rotatable bonds is 5. The van der Waals surface area contributed by atoms with Crippen molar-refractivity contribution < 1.29 is 0 Å². The molecule has 1 rings (SSSR count). The molecule has 1 atom stereocenters. The van der Waals surface area contributed by atoms with Crippen LogP contribution in [0.2, 0.25) is 0 Å². The number of nitrogens with two attached hydrogens (primary N) is 1. The Morgan fingerprint density at radius 1 is 1.47 bits per heavy atom. The van der Waals surface area contributed by atoms with Crippen LogP contribution < -0.4 is 5.73 Å². The lowest BCUT2D eigenvalue weighted by atomic mass is 10.1. The lowest BCUT2D eigenvalue weighted by molar-refractivity contribution is 0.237. The first-order valence-corrected chi connectivity index (χ1v) is 5.64. The number of likely N-dealkylation sites (N-methyl/N-ethyl adjacent to an activating group) is 1. The molecule has 0 saturated carbocycles. The standard InChI is InChI=1S/C11H22N4/c1-11(13,9-12)10-14(2)7-8-15-5-3-4-6-15/h3-8,10,13H2,1-2H3. The first-order chi connectivity index (χ1) is 7.03. The zero-order valence-electron chi connectivity index (χ0n) is 9.87. The highest BCUT2D eigenvalue weighted by molar-refractivity contribution is 5.02. The number of nitrogens with zero attached hydrogens (tertiary/aromatic N) is 3. The van der Waals surface area contributed by atoms with Crippen LogP contribution in [0, 0.1) is 11.3 Å². The second-order valence-corrected chi connectivity index (χ2v) is 4.82. The second-order valence-electron chi connectivity index (χ2n) is 4.82. The van der Waals surface area contributed by atoms with Crippen molar-refractivity contribution in [2.45, 2.75) is 25.3 Å². The molecule has 1 heterocycles. The summed E-state index contributed by atoms with van der Waals surface area (Å²) in [7, 11) is 2.03. The van der Waals surface area contributed by atoms with Crippen LogP contribution in [0.3, 0.4) is 0 Å². The van der Waals surface area contributed by atoms with Crippen molar-refractivity contribution in [1.29, 1.82) is 5.26 Å². The van der Waals surface area contributed by atoms with Gasteiger partial charge in [0.1, 0.15) is 5.54 Å². The Morgan fingerprint density at radius 3 is 2.60 bits per heavy atom. The lowest BCUT2D eigenvalue weighted by Gasteiger charge is -2.26. The van der Waals surface area contributed by atoms with Gasteiger partial charge >= 0.3 is 0 Å². The maximum atomic E-state index is 8.81. The van der Waals surface area contributed by atoms with Crippen molar-refractivity contribution in [2.24, 2.45) is 5.73 Å². The van der Waals surface area contributed by atoms with Crippen molar-refractivity contribution in [3.05, 3.63) is 0 Å². The first kappa shape index (κ1) is 12.4. The molecule has 0 aliphatic carbocycles. The Bertz CT molecular complexity index is 225. The molecule has 0 bridgehead atoms. The third-order valence-corrected chi connectivity index (χ3v) is 2.85. The Labute approximate surface area is 92.6 Å². The van der Waals surface area contributed by atoms with E-state index in [1.807, 2.05) is 7.05 Å². The fraction of sp³-hybridized carbons (Fsp3) is 0.909. The fourth-order valence-corrected chi connectivity index (χ4v) is 1.99. The fourth-order valence-electron chi connectivity index (χ4n) is 1.99. The molecule has 0 aromatic heterocycles. The van der Waals surface area contributed by atoms with Crippen molar-refractivity contribution in [3.8, 4) is 6.07 Å². The van der Waals surface area contributed by atoms with Crippen LogP contribution in [0.1, 0.15) is 19.8 Å². The van der Waals surface area contributed by atoms with E-state index in [4.69, 9.17) is 11.0 Å². The van der Waals surface area contributed by atoms with Gasteiger partial charge in [0.25, 0.3) is 0 Å². The summed E-state index contributed by atoms with van der Waals surface area (Å²) in [5, 5.41) is 8.81. The Balaban J connectivity index is 2.18. The molecule has 1 aliphatic heterocycles. The number of nitriles is 1. The lowest BCUT2D eigenvalue weighted by Crippen LogP contribution is -2.47. The highest BCUT2D eigenvalue weighted by Crippen LogP contribution is 2.07. The van der Waals surface area contributed by atoms with Gasteiger partial charge in [-0.1, -0.05) is 0 Å². The van der Waals surface area contributed by atoms with E-state index >= 15 is 0 Å². The van der Waals surface area contributed by atoms with E-state index in [0.29, 0.717) is 6.54 Å². The summed E-state index contributed by atoms with van der Waals surface area (Å²) in [5.74, 6) is 0. The van der Waals surface area contributed by atoms with Gasteiger partial charge in [-0.2, -0.15) is 5.26 Å². The predicted molar refractivity (Wildman–Crippen MR) is 61.4 cm³/mol. The summed E-state index contributed by atoms with van der Waals surface area (Å²) >= 11 is 0. The van der Waals surface area contributed by atoms with E-state index in [1.54, 1.807) is 6.92 Å². The van der Waals surface area contributed by atoms with Gasteiger partial charge in [0.2, 0.25) is 0 Å². The van der Waals surface area contributed by atoms with Crippen molar-refractivity contribution >= 4 is 0 Å². The average Bonchev–Trinajstić information content (AvgIpc) is 2.66. The maximum absolute atomic E-state index is 8.81. The largest absolute Gasteiger partial charge is 0.313 e. The van der Waals surface area contributed by atoms with E-state index in [2.05, 4.69) is 15.9 Å². The van der Waals surface area contributed by atoms with Gasteiger partial charge in [-0.05, 0) is 39.9 Å². The predicted octanol–water partition coefficient (Wildman–Crippen LogP) is 0.255. The maximum Gasteiger partial charge on any atom is 0.114 e. The minimum atomic E-state index is -0.722. The molecule has 1 fully saturated rings. The zero-order valence-corrected chi connectivity index (χ0v) is 9.87. The molecule has 1 saturated heterocycles. The molecule has 1 unspecified atom stereocenters. The van der Waals surface area contributed by atoms with E-state index in [9.17, 15) is 0 Å². The summed E-state index contributed by atoms with van der Waals surface area (Å²) < 4.78 is 0. The van der Waals surface area contributed by atoms with Gasteiger partial charge in [-0.15, -0.1) is 0 Å². The molecular formula is C11H22N4. The smallest absolute Gasteiger partial charge is 0.114 e. The summed E-state index contributed by atoms with van der Waals surface area (Å²) in [6, 6.07) is 2.12. The van der Waals surface area contributed by atoms with Gasteiger partial charge < -0.3 is 15.5 Å². The molecule has 0 amide bonds. The number of likely N-dealkylation sites (tertiary alicyclic amines) is 1. The molecular weight excluding hydrogens is 188 g/mol. The van der Waals surface area contributed by atoms with Crippen molar-refractivity contribution in [3.63, 3.8) is 0 Å². The van der Waals surface area contributed by atoms with Crippen molar-refractivity contribution in [1.82, 2.24) is 9.80 Å². The molecule has 4 heteroatoms. The van der Waals surface area contributed by atoms with Crippen LogP contribution in [-0.2, 0) is 0 Å². The molecule has 0 radical (unpaired) electrons. The SMILES string of the molecule is CN(CCN1CCCC1)CC(C)(N)C#N. The number of hydrogen-bond acceptors (Lipinski definition) is 4. The molecule has 0 aromatic rings. The van der Waals surface area contributed by atoms with Gasteiger partial charge in [0, 0.05) is 19.6 Å². The molecule has 1 aliphatic rings. The molecule has 86 valence electrons. The average molecular weight is 210 g/mol. The van der Waals surface area contributed by atoms with Crippen LogP contribution in [0.5, 0.6) is 0 Å². The van der Waals surface area contributed by atoms with Gasteiger partial charge in [-0.25, -0.2) is 0 Å². The Morgan fingerprint density at radius 2 is 2.07 bits per heavy atom. The third-order valence-electron chi connectivity index (χ3n) is 2.85. The topological polar surface area (TPSA) is 56.3 Å². The normalized spacial score (nSPS) is 21.5. The monoisotopic (exact) mass is 210 g/mol. The summed E-state index contributed by atoms with van der Waals surface area (Å²) in [4.78, 5) is 4.61. The van der Waals surface area contributed by atoms with Crippen molar-refractivity contribution in [2.75, 3.05) is 39.8 Å². The van der Waals surface area contributed by atoms with Crippen LogP contribution in [0.25, 0.3) is 0 Å². The third kappa shape index (κ3) is 4.61. The number of hydrogen-bond donors (Lipinski definition) is 1. The summed E-state index contributed by atoms with van der Waals surface area (Å²) in [6.07, 6.45) is 2.66. The second kappa shape index (κ2) is 5.45. The van der Waals surface area contributed by atoms with E-state index in [0.717, 1.165) is 13.1 Å². The molecule has 0 aromatic carbocycles. The minimum absolute atomic E-state index is 0.636. The van der Waals surface area contributed by atoms with Gasteiger partial charge in [0.15, 0.2) is 0 Å². The molecule has 4 nitrogen and oxygen atoms in total. The molecule has 2 N–H and O–H groups in total. The van der Waals surface area contributed by atoms with E-state index in [-0.39, 0.29) is 0 Å². The van der Waals surface area contributed by atoms with E-state index < -0.39 is 5.54 Å². The Kier molecular flexibility index (Phi) is 4.52. The summed E-state index contributed by atoms with van der Waals surface area (Å²) in [5.41, 5.74) is 5.06. The highest BCUT2D eigenvalue weighted by atomic mass is 15.2. The van der Waals surface area contributed by atoms with Crippen LogP contribution in [0.4, 0.5) is 0 Å². The Hall–Kier alpha value is -0.630. The minimum Gasteiger partial charge on any atom is -0.313 e. The molecule has 15 heavy (non-hydrogen) atoms. The molecule has 0 spiro atoms. The summed E-state index contributed by atoms with van der Waals surface area (Å²) in [6.45, 7) is 6.96. The van der Waals surface area contributed by atoms with Gasteiger partial charge in [-0.3, -0.25) is 0 Å². The van der Waals surface area contributed by atoms with E-state index in [1.165, 1.54) is 25.9 Å².